The van der Waals surface area contributed by atoms with Crippen LogP contribution in [0.25, 0.3) is 0 Å². The molecule has 2 fully saturated rings. The highest BCUT2D eigenvalue weighted by Gasteiger charge is 2.37. The SMILES string of the molecule is CCN(C1CCC1)[C@H](C(N)=O)C(=O)Nc1ccc(N2CCOCC2=O)cc1OC(F)F. The van der Waals surface area contributed by atoms with Crippen molar-refractivity contribution in [1.29, 1.82) is 0 Å². The Balaban J connectivity index is 1.85. The number of benzene rings is 1. The van der Waals surface area contributed by atoms with Gasteiger partial charge in [0, 0.05) is 24.3 Å². The number of amides is 3. The van der Waals surface area contributed by atoms with E-state index in [0.717, 1.165) is 19.3 Å². The number of nitrogens with two attached hydrogens (primary N) is 1. The Labute approximate surface area is 178 Å². The average molecular weight is 440 g/mol. The number of hydrogen-bond donors (Lipinski definition) is 2. The molecule has 3 amide bonds. The maximum absolute atomic E-state index is 13.0. The van der Waals surface area contributed by atoms with Crippen LogP contribution < -0.4 is 20.7 Å². The molecule has 1 saturated heterocycles. The first-order valence-electron chi connectivity index (χ1n) is 10.1. The number of likely N-dealkylation sites (N-methyl/N-ethyl adjacent to an activating group) is 1. The van der Waals surface area contributed by atoms with Crippen LogP contribution in [-0.4, -0.2) is 67.6 Å². The molecular formula is C20H26F2N4O5. The molecule has 170 valence electrons. The number of carbonyl (C=O) groups is 3. The van der Waals surface area contributed by atoms with Crippen LogP contribution in [0.3, 0.4) is 0 Å². The van der Waals surface area contributed by atoms with Crippen molar-refractivity contribution in [3.8, 4) is 5.75 Å². The van der Waals surface area contributed by atoms with E-state index in [2.05, 4.69) is 10.1 Å². The van der Waals surface area contributed by atoms with Gasteiger partial charge in [-0.1, -0.05) is 13.3 Å². The second kappa shape index (κ2) is 10.0. The third kappa shape index (κ3) is 5.28. The fourth-order valence-corrected chi connectivity index (χ4v) is 3.78. The van der Waals surface area contributed by atoms with E-state index in [1.54, 1.807) is 4.90 Å². The third-order valence-corrected chi connectivity index (χ3v) is 5.49. The van der Waals surface area contributed by atoms with Gasteiger partial charge in [0.05, 0.1) is 12.3 Å². The van der Waals surface area contributed by atoms with Crippen molar-refractivity contribution in [1.82, 2.24) is 4.90 Å². The molecule has 3 rings (SSSR count). The summed E-state index contributed by atoms with van der Waals surface area (Å²) >= 11 is 0. The topological polar surface area (TPSA) is 114 Å². The fourth-order valence-electron chi connectivity index (χ4n) is 3.78. The number of primary amides is 1. The number of morpholine rings is 1. The van der Waals surface area contributed by atoms with Gasteiger partial charge < -0.3 is 25.4 Å². The summed E-state index contributed by atoms with van der Waals surface area (Å²) in [5, 5.41) is 2.49. The Morgan fingerprint density at radius 1 is 1.39 bits per heavy atom. The van der Waals surface area contributed by atoms with Crippen molar-refractivity contribution in [3.63, 3.8) is 0 Å². The van der Waals surface area contributed by atoms with Gasteiger partial charge in [-0.25, -0.2) is 0 Å². The molecule has 1 aliphatic heterocycles. The zero-order valence-corrected chi connectivity index (χ0v) is 17.2. The highest BCUT2D eigenvalue weighted by atomic mass is 19.3. The fraction of sp³-hybridized carbons (Fsp3) is 0.550. The molecule has 1 aliphatic carbocycles. The first-order valence-corrected chi connectivity index (χ1v) is 10.1. The van der Waals surface area contributed by atoms with Crippen LogP contribution in [0.1, 0.15) is 26.2 Å². The van der Waals surface area contributed by atoms with Gasteiger partial charge in [0.25, 0.3) is 11.8 Å². The number of rotatable bonds is 9. The van der Waals surface area contributed by atoms with E-state index in [1.165, 1.54) is 23.1 Å². The largest absolute Gasteiger partial charge is 0.433 e. The molecule has 0 unspecified atom stereocenters. The molecule has 1 saturated carbocycles. The van der Waals surface area contributed by atoms with Crippen LogP contribution in [-0.2, 0) is 19.1 Å². The second-order valence-electron chi connectivity index (χ2n) is 7.37. The Kier molecular flexibility index (Phi) is 7.39. The molecule has 1 heterocycles. The number of carbonyl (C=O) groups excluding carboxylic acids is 3. The number of nitrogens with one attached hydrogen (secondary N) is 1. The summed E-state index contributed by atoms with van der Waals surface area (Å²) in [6.07, 6.45) is 2.71. The number of nitrogens with zero attached hydrogens (tertiary/aromatic N) is 2. The number of hydrogen-bond acceptors (Lipinski definition) is 6. The van der Waals surface area contributed by atoms with Crippen LogP contribution in [0, 0.1) is 0 Å². The van der Waals surface area contributed by atoms with Gasteiger partial charge in [-0.2, -0.15) is 8.78 Å². The number of ether oxygens (including phenoxy) is 2. The van der Waals surface area contributed by atoms with Crippen molar-refractivity contribution >= 4 is 29.1 Å². The van der Waals surface area contributed by atoms with Gasteiger partial charge in [-0.3, -0.25) is 19.3 Å². The summed E-state index contributed by atoms with van der Waals surface area (Å²) in [6.45, 7) is -0.442. The lowest BCUT2D eigenvalue weighted by atomic mass is 9.90. The van der Waals surface area contributed by atoms with Crippen LogP contribution in [0.5, 0.6) is 5.75 Å². The molecule has 1 atom stereocenters. The summed E-state index contributed by atoms with van der Waals surface area (Å²) in [6, 6.07) is 2.92. The number of alkyl halides is 2. The van der Waals surface area contributed by atoms with E-state index in [-0.39, 0.29) is 36.5 Å². The van der Waals surface area contributed by atoms with Gasteiger partial charge in [-0.05, 0) is 31.5 Å². The molecule has 1 aromatic carbocycles. The highest BCUT2D eigenvalue weighted by Crippen LogP contribution is 2.33. The predicted molar refractivity (Wildman–Crippen MR) is 108 cm³/mol. The van der Waals surface area contributed by atoms with E-state index in [4.69, 9.17) is 10.5 Å². The minimum absolute atomic E-state index is 0.0503. The Hall–Kier alpha value is -2.79. The molecule has 0 bridgehead atoms. The monoisotopic (exact) mass is 440 g/mol. The number of anilines is 2. The van der Waals surface area contributed by atoms with Crippen LogP contribution in [0.4, 0.5) is 20.2 Å². The normalized spacial score (nSPS) is 18.1. The molecule has 0 radical (unpaired) electrons. The van der Waals surface area contributed by atoms with E-state index < -0.39 is 24.5 Å². The molecular weight excluding hydrogens is 414 g/mol. The molecule has 2 aliphatic rings. The highest BCUT2D eigenvalue weighted by molar-refractivity contribution is 6.10. The summed E-state index contributed by atoms with van der Waals surface area (Å²) in [7, 11) is 0. The first-order chi connectivity index (χ1) is 14.8. The summed E-state index contributed by atoms with van der Waals surface area (Å²) < 4.78 is 35.6. The minimum atomic E-state index is -3.15. The third-order valence-electron chi connectivity index (χ3n) is 5.49. The van der Waals surface area contributed by atoms with E-state index in [0.29, 0.717) is 18.8 Å². The molecule has 3 N–H and O–H groups in total. The maximum atomic E-state index is 13.0. The van der Waals surface area contributed by atoms with E-state index in [9.17, 15) is 23.2 Å². The zero-order valence-electron chi connectivity index (χ0n) is 17.2. The summed E-state index contributed by atoms with van der Waals surface area (Å²) in [5.41, 5.74) is 5.77. The van der Waals surface area contributed by atoms with Crippen molar-refractivity contribution in [2.45, 2.75) is 44.9 Å². The van der Waals surface area contributed by atoms with E-state index >= 15 is 0 Å². The molecule has 31 heavy (non-hydrogen) atoms. The van der Waals surface area contributed by atoms with Crippen molar-refractivity contribution in [3.05, 3.63) is 18.2 Å². The minimum Gasteiger partial charge on any atom is -0.433 e. The second-order valence-corrected chi connectivity index (χ2v) is 7.37. The van der Waals surface area contributed by atoms with E-state index in [1.807, 2.05) is 6.92 Å². The predicted octanol–water partition coefficient (Wildman–Crippen LogP) is 1.32. The standard InChI is InChI=1S/C20H26F2N4O5/c1-2-25(12-4-3-5-12)17(18(23)28)19(29)24-14-7-6-13(10-15(14)31-20(21)22)26-8-9-30-11-16(26)27/h6-7,10,12,17,20H,2-5,8-9,11H2,1H3,(H2,23,28)(H,24,29)/t17-/m1/s1. The Morgan fingerprint density at radius 2 is 2.13 bits per heavy atom. The lowest BCUT2D eigenvalue weighted by molar-refractivity contribution is -0.134. The maximum Gasteiger partial charge on any atom is 0.387 e. The Morgan fingerprint density at radius 3 is 2.68 bits per heavy atom. The van der Waals surface area contributed by atoms with Crippen molar-refractivity contribution in [2.75, 3.05) is 36.5 Å². The van der Waals surface area contributed by atoms with Crippen LogP contribution in [0.15, 0.2) is 18.2 Å². The van der Waals surface area contributed by atoms with Crippen molar-refractivity contribution < 1.29 is 32.6 Å². The van der Waals surface area contributed by atoms with Gasteiger partial charge in [0.1, 0.15) is 6.61 Å². The van der Waals surface area contributed by atoms with Crippen molar-refractivity contribution in [2.24, 2.45) is 5.73 Å². The summed E-state index contributed by atoms with van der Waals surface area (Å²) in [5.74, 6) is -2.19. The zero-order chi connectivity index (χ0) is 22.5. The van der Waals surface area contributed by atoms with Crippen LogP contribution in [0.2, 0.25) is 0 Å². The number of halogens is 2. The molecule has 9 nitrogen and oxygen atoms in total. The Bertz CT molecular complexity index is 834. The molecule has 1 aromatic rings. The van der Waals surface area contributed by atoms with Gasteiger partial charge in [-0.15, -0.1) is 0 Å². The lowest BCUT2D eigenvalue weighted by Crippen LogP contribution is -2.57. The van der Waals surface area contributed by atoms with Gasteiger partial charge >= 0.3 is 6.61 Å². The average Bonchev–Trinajstić information content (AvgIpc) is 2.67. The molecule has 0 spiro atoms. The molecule has 11 heteroatoms. The summed E-state index contributed by atoms with van der Waals surface area (Å²) in [4.78, 5) is 40.1. The quantitative estimate of drug-likeness (QED) is 0.560. The van der Waals surface area contributed by atoms with Gasteiger partial charge in [0.15, 0.2) is 11.8 Å². The smallest absolute Gasteiger partial charge is 0.387 e. The first kappa shape index (κ1) is 22.9. The van der Waals surface area contributed by atoms with Crippen LogP contribution >= 0.6 is 0 Å². The van der Waals surface area contributed by atoms with Gasteiger partial charge in [0.2, 0.25) is 5.91 Å². The lowest BCUT2D eigenvalue weighted by Gasteiger charge is -2.40. The molecule has 0 aromatic heterocycles.